The van der Waals surface area contributed by atoms with E-state index in [2.05, 4.69) is 53.2 Å². The number of aryl methyl sites for hydroxylation is 1. The Morgan fingerprint density at radius 3 is 2.70 bits per heavy atom. The number of ether oxygens (including phenoxy) is 1. The monoisotopic (exact) mass is 337 g/mol. The van der Waals surface area contributed by atoms with Crippen molar-refractivity contribution in [3.63, 3.8) is 0 Å². The van der Waals surface area contributed by atoms with Gasteiger partial charge in [-0.2, -0.15) is 5.10 Å². The Hall–Kier alpha value is -1.33. The first kappa shape index (κ1) is 15.1. The zero-order valence-electron chi connectivity index (χ0n) is 12.3. The Morgan fingerprint density at radius 2 is 2.10 bits per heavy atom. The van der Waals surface area contributed by atoms with Crippen molar-refractivity contribution in [3.8, 4) is 11.5 Å². The quantitative estimate of drug-likeness (QED) is 0.920. The summed E-state index contributed by atoms with van der Waals surface area (Å²) in [6.07, 6.45) is 3.56. The molecule has 108 valence electrons. The van der Waals surface area contributed by atoms with Crippen LogP contribution < -0.4 is 10.1 Å². The Bertz CT molecular complexity index is 587. The fourth-order valence-electron chi connectivity index (χ4n) is 1.72. The maximum Gasteiger partial charge on any atom is 0.165 e. The van der Waals surface area contributed by atoms with Crippen LogP contribution in [0.5, 0.6) is 11.5 Å². The number of rotatable bonds is 4. The summed E-state index contributed by atoms with van der Waals surface area (Å²) < 4.78 is 8.67. The molecule has 1 aromatic carbocycles. The maximum atomic E-state index is 5.91. The van der Waals surface area contributed by atoms with Crippen molar-refractivity contribution in [2.75, 3.05) is 0 Å². The molecule has 0 saturated carbocycles. The van der Waals surface area contributed by atoms with Crippen LogP contribution >= 0.6 is 15.9 Å². The molecule has 0 aliphatic carbocycles. The summed E-state index contributed by atoms with van der Waals surface area (Å²) in [5.41, 5.74) is 1.17. The largest absolute Gasteiger partial charge is 0.454 e. The first-order valence-corrected chi connectivity index (χ1v) is 7.33. The first-order valence-electron chi connectivity index (χ1n) is 6.53. The Balaban J connectivity index is 2.19. The van der Waals surface area contributed by atoms with E-state index in [4.69, 9.17) is 4.74 Å². The molecule has 0 atom stereocenters. The Morgan fingerprint density at radius 1 is 1.35 bits per heavy atom. The summed E-state index contributed by atoms with van der Waals surface area (Å²) in [5.74, 6) is 1.59. The van der Waals surface area contributed by atoms with Crippen molar-refractivity contribution in [2.24, 2.45) is 7.05 Å². The predicted molar refractivity (Wildman–Crippen MR) is 84.0 cm³/mol. The minimum absolute atomic E-state index is 0.0634. The molecule has 20 heavy (non-hydrogen) atoms. The standard InChI is InChI=1S/C15H20BrN3O/c1-15(2,3)17-8-11-7-12(16)5-6-14(11)20-13-9-18-19(4)10-13/h5-7,9-10,17H,8H2,1-4H3. The zero-order valence-corrected chi connectivity index (χ0v) is 13.9. The average molecular weight is 338 g/mol. The maximum absolute atomic E-state index is 5.91. The minimum atomic E-state index is 0.0634. The summed E-state index contributed by atoms with van der Waals surface area (Å²) in [5, 5.41) is 7.59. The minimum Gasteiger partial charge on any atom is -0.454 e. The number of aromatic nitrogens is 2. The fraction of sp³-hybridized carbons (Fsp3) is 0.400. The van der Waals surface area contributed by atoms with E-state index in [1.807, 2.05) is 25.4 Å². The van der Waals surface area contributed by atoms with E-state index in [-0.39, 0.29) is 5.54 Å². The fourth-order valence-corrected chi connectivity index (χ4v) is 2.13. The van der Waals surface area contributed by atoms with Gasteiger partial charge in [-0.25, -0.2) is 0 Å². The second kappa shape index (κ2) is 5.97. The van der Waals surface area contributed by atoms with E-state index in [1.54, 1.807) is 10.9 Å². The van der Waals surface area contributed by atoms with Gasteiger partial charge in [-0.1, -0.05) is 15.9 Å². The van der Waals surface area contributed by atoms with Gasteiger partial charge in [0.05, 0.1) is 12.4 Å². The van der Waals surface area contributed by atoms with Gasteiger partial charge >= 0.3 is 0 Å². The Kier molecular flexibility index (Phi) is 4.50. The molecule has 2 rings (SSSR count). The van der Waals surface area contributed by atoms with E-state index in [0.717, 1.165) is 28.1 Å². The highest BCUT2D eigenvalue weighted by Gasteiger charge is 2.12. The number of hydrogen-bond acceptors (Lipinski definition) is 3. The van der Waals surface area contributed by atoms with Crippen LogP contribution in [0.15, 0.2) is 35.1 Å². The molecule has 2 aromatic rings. The third kappa shape index (κ3) is 4.35. The number of nitrogens with one attached hydrogen (secondary N) is 1. The molecule has 0 bridgehead atoms. The third-order valence-electron chi connectivity index (χ3n) is 2.74. The summed E-state index contributed by atoms with van der Waals surface area (Å²) in [6.45, 7) is 7.18. The summed E-state index contributed by atoms with van der Waals surface area (Å²) in [4.78, 5) is 0. The van der Waals surface area contributed by atoms with Crippen LogP contribution in [0.25, 0.3) is 0 Å². The van der Waals surface area contributed by atoms with Gasteiger partial charge in [-0.3, -0.25) is 4.68 Å². The van der Waals surface area contributed by atoms with Crippen LogP contribution in [0.3, 0.4) is 0 Å². The van der Waals surface area contributed by atoms with E-state index in [0.29, 0.717) is 0 Å². The van der Waals surface area contributed by atoms with Crippen LogP contribution in [0.2, 0.25) is 0 Å². The van der Waals surface area contributed by atoms with Crippen LogP contribution in [-0.2, 0) is 13.6 Å². The van der Waals surface area contributed by atoms with E-state index >= 15 is 0 Å². The second-order valence-electron chi connectivity index (χ2n) is 5.81. The topological polar surface area (TPSA) is 39.1 Å². The van der Waals surface area contributed by atoms with E-state index in [9.17, 15) is 0 Å². The normalized spacial score (nSPS) is 11.7. The molecular formula is C15H20BrN3O. The van der Waals surface area contributed by atoms with Crippen molar-refractivity contribution < 1.29 is 4.74 Å². The van der Waals surface area contributed by atoms with E-state index in [1.165, 1.54) is 0 Å². The van der Waals surface area contributed by atoms with Gasteiger partial charge in [-0.15, -0.1) is 0 Å². The highest BCUT2D eigenvalue weighted by Crippen LogP contribution is 2.28. The lowest BCUT2D eigenvalue weighted by Crippen LogP contribution is -2.35. The highest BCUT2D eigenvalue weighted by molar-refractivity contribution is 9.10. The lowest BCUT2D eigenvalue weighted by atomic mass is 10.1. The average Bonchev–Trinajstić information content (AvgIpc) is 2.74. The zero-order chi connectivity index (χ0) is 14.8. The molecule has 0 unspecified atom stereocenters. The van der Waals surface area contributed by atoms with Crippen LogP contribution in [0.1, 0.15) is 26.3 Å². The molecule has 1 N–H and O–H groups in total. The molecule has 0 aliphatic heterocycles. The molecule has 0 saturated heterocycles. The van der Waals surface area contributed by atoms with Crippen molar-refractivity contribution in [3.05, 3.63) is 40.6 Å². The van der Waals surface area contributed by atoms with Gasteiger partial charge in [0.15, 0.2) is 5.75 Å². The lowest BCUT2D eigenvalue weighted by Gasteiger charge is -2.21. The molecule has 5 heteroatoms. The molecular weight excluding hydrogens is 318 g/mol. The first-order chi connectivity index (χ1) is 9.33. The van der Waals surface area contributed by atoms with Crippen LogP contribution in [-0.4, -0.2) is 15.3 Å². The molecule has 0 fully saturated rings. The highest BCUT2D eigenvalue weighted by atomic mass is 79.9. The molecule has 0 radical (unpaired) electrons. The van der Waals surface area contributed by atoms with Gasteiger partial charge in [-0.05, 0) is 39.0 Å². The SMILES string of the molecule is Cn1cc(Oc2ccc(Br)cc2CNC(C)(C)C)cn1. The van der Waals surface area contributed by atoms with Crippen LogP contribution in [0, 0.1) is 0 Å². The van der Waals surface area contributed by atoms with Gasteiger partial charge in [0.25, 0.3) is 0 Å². The van der Waals surface area contributed by atoms with Gasteiger partial charge < -0.3 is 10.1 Å². The van der Waals surface area contributed by atoms with Crippen molar-refractivity contribution in [1.82, 2.24) is 15.1 Å². The van der Waals surface area contributed by atoms with Crippen molar-refractivity contribution in [2.45, 2.75) is 32.9 Å². The van der Waals surface area contributed by atoms with Crippen molar-refractivity contribution >= 4 is 15.9 Å². The third-order valence-corrected chi connectivity index (χ3v) is 3.23. The van der Waals surface area contributed by atoms with Crippen molar-refractivity contribution in [1.29, 1.82) is 0 Å². The number of halogens is 1. The van der Waals surface area contributed by atoms with Gasteiger partial charge in [0.1, 0.15) is 5.75 Å². The van der Waals surface area contributed by atoms with Gasteiger partial charge in [0, 0.05) is 29.2 Å². The van der Waals surface area contributed by atoms with Crippen LogP contribution in [0.4, 0.5) is 0 Å². The number of benzene rings is 1. The number of nitrogens with zero attached hydrogens (tertiary/aromatic N) is 2. The summed E-state index contributed by atoms with van der Waals surface area (Å²) in [6, 6.07) is 6.02. The predicted octanol–water partition coefficient (Wildman–Crippen LogP) is 3.86. The molecule has 0 spiro atoms. The molecule has 4 nitrogen and oxygen atoms in total. The summed E-state index contributed by atoms with van der Waals surface area (Å²) in [7, 11) is 1.87. The smallest absolute Gasteiger partial charge is 0.165 e. The second-order valence-corrected chi connectivity index (χ2v) is 6.72. The molecule has 1 aromatic heterocycles. The molecule has 0 aliphatic rings. The number of hydrogen-bond donors (Lipinski definition) is 1. The molecule has 1 heterocycles. The van der Waals surface area contributed by atoms with E-state index < -0.39 is 0 Å². The lowest BCUT2D eigenvalue weighted by molar-refractivity contribution is 0.414. The summed E-state index contributed by atoms with van der Waals surface area (Å²) >= 11 is 3.51. The molecule has 0 amide bonds. The van der Waals surface area contributed by atoms with Gasteiger partial charge in [0.2, 0.25) is 0 Å². The Labute approximate surface area is 128 Å².